The molecule has 0 fully saturated rings. The number of hydrogen-bond donors (Lipinski definition) is 1. The van der Waals surface area contributed by atoms with Crippen molar-refractivity contribution in [2.24, 2.45) is 0 Å². The van der Waals surface area contributed by atoms with Gasteiger partial charge in [-0.05, 0) is 49.2 Å². The van der Waals surface area contributed by atoms with E-state index in [1.807, 2.05) is 26.0 Å². The molecule has 0 unspecified atom stereocenters. The Hall–Kier alpha value is -1.94. The molecule has 0 bridgehead atoms. The molecule has 0 radical (unpaired) electrons. The van der Waals surface area contributed by atoms with Crippen molar-refractivity contribution in [2.45, 2.75) is 40.3 Å². The first-order valence-corrected chi connectivity index (χ1v) is 7.09. The number of pyridine rings is 1. The van der Waals surface area contributed by atoms with E-state index < -0.39 is 0 Å². The van der Waals surface area contributed by atoms with Crippen LogP contribution >= 0.6 is 0 Å². The Morgan fingerprint density at radius 2 is 1.95 bits per heavy atom. The summed E-state index contributed by atoms with van der Waals surface area (Å²) in [5.41, 5.74) is 2.76. The molecule has 112 valence electrons. The van der Waals surface area contributed by atoms with Crippen molar-refractivity contribution in [3.63, 3.8) is 0 Å². The van der Waals surface area contributed by atoms with Crippen molar-refractivity contribution in [1.82, 2.24) is 10.3 Å². The highest BCUT2D eigenvalue weighted by Crippen LogP contribution is 2.25. The average molecular weight is 288 g/mol. The standard InChI is InChI=1S/C17H21FN2O/c1-11(2)19-10-14-8-13(4)20-17(9-14)21-16-6-5-15(18)7-12(16)3/h5-9,11,19H,10H2,1-4H3. The summed E-state index contributed by atoms with van der Waals surface area (Å²) in [6, 6.07) is 8.82. The number of ether oxygens (including phenoxy) is 1. The van der Waals surface area contributed by atoms with Crippen LogP contribution in [0.15, 0.2) is 30.3 Å². The molecule has 0 aliphatic heterocycles. The van der Waals surface area contributed by atoms with Crippen molar-refractivity contribution in [2.75, 3.05) is 0 Å². The van der Waals surface area contributed by atoms with Crippen molar-refractivity contribution < 1.29 is 9.13 Å². The number of benzene rings is 1. The minimum Gasteiger partial charge on any atom is -0.439 e. The van der Waals surface area contributed by atoms with E-state index in [9.17, 15) is 4.39 Å². The lowest BCUT2D eigenvalue weighted by Gasteiger charge is -2.12. The Labute approximate surface area is 125 Å². The van der Waals surface area contributed by atoms with E-state index >= 15 is 0 Å². The smallest absolute Gasteiger partial charge is 0.219 e. The average Bonchev–Trinajstić information content (AvgIpc) is 2.39. The van der Waals surface area contributed by atoms with E-state index in [0.29, 0.717) is 17.7 Å². The summed E-state index contributed by atoms with van der Waals surface area (Å²) < 4.78 is 18.9. The van der Waals surface area contributed by atoms with Gasteiger partial charge in [0.2, 0.25) is 5.88 Å². The Bertz CT molecular complexity index is 626. The Morgan fingerprint density at radius 3 is 2.62 bits per heavy atom. The molecule has 0 aliphatic carbocycles. The van der Waals surface area contributed by atoms with Crippen LogP contribution in [0.1, 0.15) is 30.7 Å². The van der Waals surface area contributed by atoms with Crippen molar-refractivity contribution in [1.29, 1.82) is 0 Å². The summed E-state index contributed by atoms with van der Waals surface area (Å²) in [6.07, 6.45) is 0. The number of nitrogens with zero attached hydrogens (tertiary/aromatic N) is 1. The van der Waals surface area contributed by atoms with Gasteiger partial charge in [0.1, 0.15) is 11.6 Å². The molecule has 2 rings (SSSR count). The maximum Gasteiger partial charge on any atom is 0.219 e. The van der Waals surface area contributed by atoms with Gasteiger partial charge in [0.15, 0.2) is 0 Å². The van der Waals surface area contributed by atoms with Crippen LogP contribution < -0.4 is 10.1 Å². The molecule has 0 atom stereocenters. The second kappa shape index (κ2) is 6.68. The number of rotatable bonds is 5. The minimum atomic E-state index is -0.265. The third-order valence-corrected chi connectivity index (χ3v) is 3.06. The number of nitrogens with one attached hydrogen (secondary N) is 1. The van der Waals surface area contributed by atoms with E-state index in [2.05, 4.69) is 24.1 Å². The first kappa shape index (κ1) is 15.4. The second-order valence-electron chi connectivity index (χ2n) is 5.50. The first-order valence-electron chi connectivity index (χ1n) is 7.09. The van der Waals surface area contributed by atoms with E-state index in [1.165, 1.54) is 12.1 Å². The van der Waals surface area contributed by atoms with Gasteiger partial charge in [-0.2, -0.15) is 0 Å². The van der Waals surface area contributed by atoms with E-state index in [-0.39, 0.29) is 5.82 Å². The fourth-order valence-electron chi connectivity index (χ4n) is 2.02. The zero-order chi connectivity index (χ0) is 15.4. The Kier molecular flexibility index (Phi) is 4.91. The lowest BCUT2D eigenvalue weighted by Crippen LogP contribution is -2.21. The van der Waals surface area contributed by atoms with Crippen LogP contribution in [0.3, 0.4) is 0 Å². The highest BCUT2D eigenvalue weighted by Gasteiger charge is 2.06. The number of aromatic nitrogens is 1. The normalized spacial score (nSPS) is 11.0. The number of halogens is 1. The van der Waals surface area contributed by atoms with Crippen LogP contribution in [-0.2, 0) is 6.54 Å². The molecular formula is C17H21FN2O. The minimum absolute atomic E-state index is 0.265. The van der Waals surface area contributed by atoms with Gasteiger partial charge in [-0.3, -0.25) is 0 Å². The molecule has 1 aromatic carbocycles. The Morgan fingerprint density at radius 1 is 1.19 bits per heavy atom. The number of aryl methyl sites for hydroxylation is 2. The second-order valence-corrected chi connectivity index (χ2v) is 5.50. The molecule has 21 heavy (non-hydrogen) atoms. The molecule has 0 spiro atoms. The molecule has 0 saturated carbocycles. The van der Waals surface area contributed by atoms with E-state index in [1.54, 1.807) is 6.07 Å². The molecule has 1 heterocycles. The van der Waals surface area contributed by atoms with E-state index in [4.69, 9.17) is 4.74 Å². The van der Waals surface area contributed by atoms with Crippen molar-refractivity contribution in [3.05, 3.63) is 53.0 Å². The van der Waals surface area contributed by atoms with Crippen LogP contribution in [0.2, 0.25) is 0 Å². The summed E-state index contributed by atoms with van der Waals surface area (Å²) >= 11 is 0. The third-order valence-electron chi connectivity index (χ3n) is 3.06. The van der Waals surface area contributed by atoms with Gasteiger partial charge in [0.05, 0.1) is 0 Å². The lowest BCUT2D eigenvalue weighted by atomic mass is 10.2. The van der Waals surface area contributed by atoms with Crippen LogP contribution in [0, 0.1) is 19.7 Å². The molecule has 4 heteroatoms. The quantitative estimate of drug-likeness (QED) is 0.898. The molecule has 0 amide bonds. The SMILES string of the molecule is Cc1cc(CNC(C)C)cc(Oc2ccc(F)cc2C)n1. The Balaban J connectivity index is 2.19. The molecule has 0 aliphatic rings. The molecule has 0 saturated heterocycles. The van der Waals surface area contributed by atoms with Crippen LogP contribution in [0.25, 0.3) is 0 Å². The third kappa shape index (κ3) is 4.53. The highest BCUT2D eigenvalue weighted by molar-refractivity contribution is 5.36. The van der Waals surface area contributed by atoms with Gasteiger partial charge in [0.25, 0.3) is 0 Å². The summed E-state index contributed by atoms with van der Waals surface area (Å²) in [4.78, 5) is 4.38. The maximum absolute atomic E-state index is 13.1. The van der Waals surface area contributed by atoms with Gasteiger partial charge in [0, 0.05) is 24.3 Å². The molecule has 1 aromatic heterocycles. The molecule has 3 nitrogen and oxygen atoms in total. The molecule has 1 N–H and O–H groups in total. The largest absolute Gasteiger partial charge is 0.439 e. The van der Waals surface area contributed by atoms with Gasteiger partial charge >= 0.3 is 0 Å². The lowest BCUT2D eigenvalue weighted by molar-refractivity contribution is 0.454. The highest BCUT2D eigenvalue weighted by atomic mass is 19.1. The fraction of sp³-hybridized carbons (Fsp3) is 0.353. The van der Waals surface area contributed by atoms with Gasteiger partial charge in [-0.25, -0.2) is 9.37 Å². The summed E-state index contributed by atoms with van der Waals surface area (Å²) in [5.74, 6) is 0.890. The zero-order valence-electron chi connectivity index (χ0n) is 12.9. The van der Waals surface area contributed by atoms with Crippen LogP contribution in [0.4, 0.5) is 4.39 Å². The van der Waals surface area contributed by atoms with Crippen LogP contribution in [0.5, 0.6) is 11.6 Å². The first-order chi connectivity index (χ1) is 9.94. The number of hydrogen-bond acceptors (Lipinski definition) is 3. The van der Waals surface area contributed by atoms with Crippen molar-refractivity contribution >= 4 is 0 Å². The van der Waals surface area contributed by atoms with Gasteiger partial charge in [-0.15, -0.1) is 0 Å². The zero-order valence-corrected chi connectivity index (χ0v) is 12.9. The predicted molar refractivity (Wildman–Crippen MR) is 82.2 cm³/mol. The summed E-state index contributed by atoms with van der Waals surface area (Å²) in [6.45, 7) is 8.72. The molecule has 2 aromatic rings. The predicted octanol–water partition coefficient (Wildman–Crippen LogP) is 4.13. The van der Waals surface area contributed by atoms with E-state index in [0.717, 1.165) is 23.4 Å². The van der Waals surface area contributed by atoms with Crippen LogP contribution in [-0.4, -0.2) is 11.0 Å². The maximum atomic E-state index is 13.1. The van der Waals surface area contributed by atoms with Gasteiger partial charge < -0.3 is 10.1 Å². The topological polar surface area (TPSA) is 34.1 Å². The van der Waals surface area contributed by atoms with Gasteiger partial charge in [-0.1, -0.05) is 13.8 Å². The summed E-state index contributed by atoms with van der Waals surface area (Å²) in [7, 11) is 0. The molecular weight excluding hydrogens is 267 g/mol. The van der Waals surface area contributed by atoms with Crippen molar-refractivity contribution in [3.8, 4) is 11.6 Å². The monoisotopic (exact) mass is 288 g/mol. The summed E-state index contributed by atoms with van der Waals surface area (Å²) in [5, 5.41) is 3.37. The fourth-order valence-corrected chi connectivity index (χ4v) is 2.02.